The summed E-state index contributed by atoms with van der Waals surface area (Å²) < 4.78 is 5.02. The van der Waals surface area contributed by atoms with Crippen LogP contribution < -0.4 is 4.74 Å². The smallest absolute Gasteiger partial charge is 0.407 e. The number of hydrogen-bond donors (Lipinski definition) is 3. The number of likely N-dealkylation sites (tertiary alicyclic amines) is 1. The van der Waals surface area contributed by atoms with Crippen LogP contribution in [0.25, 0.3) is 0 Å². The van der Waals surface area contributed by atoms with Crippen LogP contribution >= 0.6 is 0 Å². The van der Waals surface area contributed by atoms with E-state index in [1.807, 2.05) is 6.92 Å². The van der Waals surface area contributed by atoms with Gasteiger partial charge in [0.25, 0.3) is 0 Å². The molecule has 0 saturated carbocycles. The number of rotatable bonds is 3. The maximum atomic E-state index is 11.2. The van der Waals surface area contributed by atoms with Crippen molar-refractivity contribution in [1.82, 2.24) is 4.90 Å². The number of aromatic hydroxyl groups is 1. The highest BCUT2D eigenvalue weighted by Gasteiger charge is 2.48. The highest BCUT2D eigenvalue weighted by Crippen LogP contribution is 2.46. The van der Waals surface area contributed by atoms with Gasteiger partial charge in [-0.2, -0.15) is 0 Å². The number of hydrogen-bond acceptors (Lipinski definition) is 4. The van der Waals surface area contributed by atoms with Gasteiger partial charge >= 0.3 is 6.09 Å². The van der Waals surface area contributed by atoms with Crippen LogP contribution in [0.3, 0.4) is 0 Å². The van der Waals surface area contributed by atoms with E-state index in [0.29, 0.717) is 12.3 Å². The molecule has 1 amide bonds. The normalized spacial score (nSPS) is 26.7. The molecule has 1 fully saturated rings. The molecule has 116 valence electrons. The van der Waals surface area contributed by atoms with E-state index in [2.05, 4.69) is 0 Å². The van der Waals surface area contributed by atoms with E-state index < -0.39 is 17.6 Å². The molecule has 0 bridgehead atoms. The van der Waals surface area contributed by atoms with Crippen LogP contribution in [0.5, 0.6) is 11.5 Å². The summed E-state index contributed by atoms with van der Waals surface area (Å²) in [5.41, 5.74) is 0.194. The quantitative estimate of drug-likeness (QED) is 0.792. The highest BCUT2D eigenvalue weighted by atomic mass is 16.5. The molecule has 0 spiro atoms. The van der Waals surface area contributed by atoms with Crippen molar-refractivity contribution in [3.8, 4) is 11.5 Å². The molecule has 1 aliphatic heterocycles. The lowest BCUT2D eigenvalue weighted by atomic mass is 9.72. The lowest BCUT2D eigenvalue weighted by Crippen LogP contribution is -2.37. The van der Waals surface area contributed by atoms with E-state index in [0.717, 1.165) is 5.56 Å². The number of amides is 1. The van der Waals surface area contributed by atoms with Gasteiger partial charge in [-0.3, -0.25) is 0 Å². The second kappa shape index (κ2) is 5.44. The van der Waals surface area contributed by atoms with Crippen LogP contribution in [0.4, 0.5) is 4.79 Å². The maximum absolute atomic E-state index is 11.2. The van der Waals surface area contributed by atoms with Gasteiger partial charge in [0.15, 0.2) is 11.5 Å². The maximum Gasteiger partial charge on any atom is 0.407 e. The van der Waals surface area contributed by atoms with E-state index in [1.165, 1.54) is 12.0 Å². The number of phenolic OH excluding ortho intramolecular Hbond substituents is 1. The summed E-state index contributed by atoms with van der Waals surface area (Å²) in [5.74, 6) is 0.188. The van der Waals surface area contributed by atoms with E-state index in [4.69, 9.17) is 4.74 Å². The number of phenols is 1. The fraction of sp³-hybridized carbons (Fsp3) is 0.533. The molecule has 6 heteroatoms. The third-order valence-electron chi connectivity index (χ3n) is 4.56. The lowest BCUT2D eigenvalue weighted by molar-refractivity contribution is 0.0481. The first-order chi connectivity index (χ1) is 9.79. The largest absolute Gasteiger partial charge is 0.504 e. The highest BCUT2D eigenvalue weighted by molar-refractivity contribution is 5.66. The van der Waals surface area contributed by atoms with Crippen LogP contribution in [0.1, 0.15) is 25.3 Å². The predicted molar refractivity (Wildman–Crippen MR) is 76.8 cm³/mol. The zero-order chi connectivity index (χ0) is 15.8. The third kappa shape index (κ3) is 2.63. The number of ether oxygens (including phenoxy) is 1. The van der Waals surface area contributed by atoms with Gasteiger partial charge in [0, 0.05) is 24.4 Å². The molecule has 0 radical (unpaired) electrons. The van der Waals surface area contributed by atoms with Gasteiger partial charge in [-0.15, -0.1) is 0 Å². The van der Waals surface area contributed by atoms with Crippen molar-refractivity contribution in [3.63, 3.8) is 0 Å². The molecule has 3 N–H and O–H groups in total. The molecular formula is C15H21NO5. The number of aliphatic hydroxyl groups is 1. The third-order valence-corrected chi connectivity index (χ3v) is 4.56. The van der Waals surface area contributed by atoms with Gasteiger partial charge in [-0.05, 0) is 24.6 Å². The summed E-state index contributed by atoms with van der Waals surface area (Å²) in [7, 11) is 1.47. The Bertz CT molecular complexity index is 545. The molecule has 3 atom stereocenters. The van der Waals surface area contributed by atoms with Crippen LogP contribution in [-0.4, -0.2) is 52.6 Å². The summed E-state index contributed by atoms with van der Waals surface area (Å²) in [6.45, 7) is 4.09. The average molecular weight is 295 g/mol. The van der Waals surface area contributed by atoms with Crippen molar-refractivity contribution < 1.29 is 24.9 Å². The number of carboxylic acid groups (broad SMARTS) is 1. The summed E-state index contributed by atoms with van der Waals surface area (Å²) in [5, 5.41) is 29.2. The first kappa shape index (κ1) is 15.4. The Kier molecular flexibility index (Phi) is 4.00. The van der Waals surface area contributed by atoms with Gasteiger partial charge in [-0.25, -0.2) is 4.79 Å². The monoisotopic (exact) mass is 295 g/mol. The van der Waals surface area contributed by atoms with Crippen LogP contribution in [-0.2, 0) is 0 Å². The second-order valence-corrected chi connectivity index (χ2v) is 5.83. The topological polar surface area (TPSA) is 90.2 Å². The number of carbonyl (C=O) groups is 1. The van der Waals surface area contributed by atoms with Crippen LogP contribution in [0, 0.1) is 5.41 Å². The van der Waals surface area contributed by atoms with Crippen molar-refractivity contribution in [2.45, 2.75) is 25.9 Å². The van der Waals surface area contributed by atoms with Crippen molar-refractivity contribution in [2.75, 3.05) is 20.2 Å². The van der Waals surface area contributed by atoms with E-state index in [-0.39, 0.29) is 18.2 Å². The Balaban J connectivity index is 2.40. The number of methoxy groups -OCH3 is 1. The minimum Gasteiger partial charge on any atom is -0.504 e. The van der Waals surface area contributed by atoms with Gasteiger partial charge in [0.2, 0.25) is 0 Å². The van der Waals surface area contributed by atoms with Gasteiger partial charge in [-0.1, -0.05) is 13.0 Å². The van der Waals surface area contributed by atoms with Crippen molar-refractivity contribution in [1.29, 1.82) is 0 Å². The Labute approximate surface area is 123 Å². The second-order valence-electron chi connectivity index (χ2n) is 5.83. The minimum absolute atomic E-state index is 0.0108. The van der Waals surface area contributed by atoms with Crippen LogP contribution in [0.15, 0.2) is 18.2 Å². The zero-order valence-electron chi connectivity index (χ0n) is 12.4. The van der Waals surface area contributed by atoms with E-state index in [1.54, 1.807) is 25.1 Å². The molecule has 0 unspecified atom stereocenters. The number of aliphatic hydroxyl groups excluding tert-OH is 1. The SMILES string of the molecule is COc1ccc([C@@H]2CN(C(=O)O)C[C@@]2(C)[C@@H](C)O)cc1O. The van der Waals surface area contributed by atoms with E-state index in [9.17, 15) is 20.1 Å². The zero-order valence-corrected chi connectivity index (χ0v) is 12.4. The molecule has 21 heavy (non-hydrogen) atoms. The summed E-state index contributed by atoms with van der Waals surface area (Å²) in [6.07, 6.45) is -1.67. The molecule has 2 rings (SSSR count). The van der Waals surface area contributed by atoms with Gasteiger partial charge < -0.3 is 25.0 Å². The molecule has 1 aromatic carbocycles. The van der Waals surface area contributed by atoms with Gasteiger partial charge in [0.1, 0.15) is 0 Å². The van der Waals surface area contributed by atoms with Crippen molar-refractivity contribution >= 4 is 6.09 Å². The fourth-order valence-electron chi connectivity index (χ4n) is 2.99. The number of benzene rings is 1. The first-order valence-corrected chi connectivity index (χ1v) is 6.82. The minimum atomic E-state index is -0.998. The molecule has 1 aromatic rings. The predicted octanol–water partition coefficient (Wildman–Crippen LogP) is 1.87. The molecule has 1 aliphatic rings. The molecule has 0 aliphatic carbocycles. The van der Waals surface area contributed by atoms with Gasteiger partial charge in [0.05, 0.1) is 13.2 Å². The standard InChI is InChI=1S/C15H21NO5/c1-9(17)15(2)8-16(14(19)20)7-11(15)10-4-5-13(21-3)12(18)6-10/h4-6,9,11,17-18H,7-8H2,1-3H3,(H,19,20)/t9-,11+,15+/m1/s1. The van der Waals surface area contributed by atoms with Crippen molar-refractivity contribution in [2.24, 2.45) is 5.41 Å². The Morgan fingerprint density at radius 3 is 2.67 bits per heavy atom. The molecular weight excluding hydrogens is 274 g/mol. The van der Waals surface area contributed by atoms with Crippen LogP contribution in [0.2, 0.25) is 0 Å². The average Bonchev–Trinajstić information content (AvgIpc) is 2.78. The summed E-state index contributed by atoms with van der Waals surface area (Å²) in [4.78, 5) is 12.5. The molecule has 0 aromatic heterocycles. The fourth-order valence-corrected chi connectivity index (χ4v) is 2.99. The summed E-state index contributed by atoms with van der Waals surface area (Å²) >= 11 is 0. The van der Waals surface area contributed by atoms with E-state index >= 15 is 0 Å². The number of nitrogens with zero attached hydrogens (tertiary/aromatic N) is 1. The lowest BCUT2D eigenvalue weighted by Gasteiger charge is -2.33. The Morgan fingerprint density at radius 2 is 2.19 bits per heavy atom. The van der Waals surface area contributed by atoms with Crippen molar-refractivity contribution in [3.05, 3.63) is 23.8 Å². The molecule has 1 heterocycles. The Morgan fingerprint density at radius 1 is 1.52 bits per heavy atom. The Hall–Kier alpha value is -1.95. The first-order valence-electron chi connectivity index (χ1n) is 6.82. The molecule has 6 nitrogen and oxygen atoms in total. The summed E-state index contributed by atoms with van der Waals surface area (Å²) in [6, 6.07) is 5.03. The molecule has 1 saturated heterocycles.